The molecule has 0 saturated heterocycles. The van der Waals surface area contributed by atoms with Crippen LogP contribution in [-0.2, 0) is 6.42 Å². The minimum absolute atomic E-state index is 0.154. The highest BCUT2D eigenvalue weighted by Gasteiger charge is 2.15. The van der Waals surface area contributed by atoms with Gasteiger partial charge in [0.15, 0.2) is 0 Å². The van der Waals surface area contributed by atoms with Crippen molar-refractivity contribution in [3.63, 3.8) is 0 Å². The lowest BCUT2D eigenvalue weighted by atomic mass is 10.0. The van der Waals surface area contributed by atoms with Crippen molar-refractivity contribution in [3.05, 3.63) is 46.8 Å². The maximum absolute atomic E-state index is 13.1. The Morgan fingerprint density at radius 1 is 1.57 bits per heavy atom. The van der Waals surface area contributed by atoms with E-state index in [1.165, 1.54) is 12.1 Å². The molecule has 0 saturated carbocycles. The van der Waals surface area contributed by atoms with Gasteiger partial charge in [-0.3, -0.25) is 0 Å². The minimum atomic E-state index is -1.30. The first-order valence-electron chi connectivity index (χ1n) is 3.86. The summed E-state index contributed by atoms with van der Waals surface area (Å²) >= 11 is 5.53. The number of halogens is 2. The summed E-state index contributed by atoms with van der Waals surface area (Å²) in [6.07, 6.45) is 0.154. The van der Waals surface area contributed by atoms with Crippen LogP contribution in [0.5, 0.6) is 0 Å². The van der Waals surface area contributed by atoms with Crippen molar-refractivity contribution in [1.82, 2.24) is 0 Å². The molecule has 0 radical (unpaired) electrons. The third kappa shape index (κ3) is 2.33. The van der Waals surface area contributed by atoms with Gasteiger partial charge in [0.25, 0.3) is 0 Å². The molecule has 0 aliphatic heterocycles. The SMILES string of the molecule is C=C(Cl)Cc1cccc(F)c1C(=O)O. The average molecular weight is 215 g/mol. The Hall–Kier alpha value is -1.35. The highest BCUT2D eigenvalue weighted by atomic mass is 35.5. The van der Waals surface area contributed by atoms with Crippen LogP contribution < -0.4 is 0 Å². The van der Waals surface area contributed by atoms with Crippen LogP contribution in [-0.4, -0.2) is 11.1 Å². The highest BCUT2D eigenvalue weighted by molar-refractivity contribution is 6.29. The molecule has 2 nitrogen and oxygen atoms in total. The van der Waals surface area contributed by atoms with Gasteiger partial charge < -0.3 is 5.11 Å². The molecule has 14 heavy (non-hydrogen) atoms. The summed E-state index contributed by atoms with van der Waals surface area (Å²) in [6.45, 7) is 3.43. The van der Waals surface area contributed by atoms with Crippen LogP contribution in [0.1, 0.15) is 15.9 Å². The fourth-order valence-electron chi connectivity index (χ4n) is 1.16. The fourth-order valence-corrected chi connectivity index (χ4v) is 1.31. The quantitative estimate of drug-likeness (QED) is 0.840. The maximum Gasteiger partial charge on any atom is 0.338 e. The standard InChI is InChI=1S/C10H8ClFO2/c1-6(11)5-7-3-2-4-8(12)9(7)10(13)14/h2-4H,1,5H2,(H,13,14). The van der Waals surface area contributed by atoms with E-state index in [-0.39, 0.29) is 17.0 Å². The van der Waals surface area contributed by atoms with E-state index >= 15 is 0 Å². The second-order valence-corrected chi connectivity index (χ2v) is 3.31. The third-order valence-electron chi connectivity index (χ3n) is 1.70. The molecule has 0 unspecified atom stereocenters. The summed E-state index contributed by atoms with van der Waals surface area (Å²) in [4.78, 5) is 10.7. The Bertz CT molecular complexity index is 388. The molecule has 74 valence electrons. The zero-order chi connectivity index (χ0) is 10.7. The molecular weight excluding hydrogens is 207 g/mol. The van der Waals surface area contributed by atoms with Gasteiger partial charge in [-0.25, -0.2) is 9.18 Å². The van der Waals surface area contributed by atoms with Crippen LogP contribution in [0.3, 0.4) is 0 Å². The van der Waals surface area contributed by atoms with Gasteiger partial charge in [-0.2, -0.15) is 0 Å². The molecule has 1 N–H and O–H groups in total. The molecule has 0 heterocycles. The second kappa shape index (κ2) is 4.24. The molecule has 1 rings (SSSR count). The second-order valence-electron chi connectivity index (χ2n) is 2.77. The van der Waals surface area contributed by atoms with E-state index in [4.69, 9.17) is 16.7 Å². The van der Waals surface area contributed by atoms with Crippen molar-refractivity contribution < 1.29 is 14.3 Å². The number of carboxylic acid groups (broad SMARTS) is 1. The summed E-state index contributed by atoms with van der Waals surface area (Å²) in [5, 5.41) is 9.02. The number of aromatic carboxylic acids is 1. The molecule has 0 aliphatic rings. The Balaban J connectivity index is 3.21. The summed E-state index contributed by atoms with van der Waals surface area (Å²) < 4.78 is 13.1. The van der Waals surface area contributed by atoms with Gasteiger partial charge in [0.05, 0.1) is 5.56 Å². The first kappa shape index (κ1) is 10.7. The molecule has 0 fully saturated rings. The number of hydrogen-bond acceptors (Lipinski definition) is 1. The molecule has 1 aromatic carbocycles. The van der Waals surface area contributed by atoms with Crippen molar-refractivity contribution in [1.29, 1.82) is 0 Å². The molecular formula is C10H8ClFO2. The van der Waals surface area contributed by atoms with E-state index in [2.05, 4.69) is 6.58 Å². The lowest BCUT2D eigenvalue weighted by Gasteiger charge is -2.05. The Kier molecular flexibility index (Phi) is 3.25. The summed E-state index contributed by atoms with van der Waals surface area (Å²) in [7, 11) is 0. The van der Waals surface area contributed by atoms with Crippen molar-refractivity contribution in [3.8, 4) is 0 Å². The van der Waals surface area contributed by atoms with E-state index < -0.39 is 11.8 Å². The Morgan fingerprint density at radius 3 is 2.71 bits per heavy atom. The number of carboxylic acids is 1. The van der Waals surface area contributed by atoms with Crippen LogP contribution in [0, 0.1) is 5.82 Å². The Labute approximate surface area is 85.6 Å². The van der Waals surface area contributed by atoms with E-state index in [9.17, 15) is 9.18 Å². The number of allylic oxidation sites excluding steroid dienone is 1. The van der Waals surface area contributed by atoms with Gasteiger partial charge in [0, 0.05) is 11.5 Å². The average Bonchev–Trinajstić information content (AvgIpc) is 2.01. The molecule has 0 aromatic heterocycles. The van der Waals surface area contributed by atoms with Crippen molar-refractivity contribution >= 4 is 17.6 Å². The molecule has 1 aromatic rings. The first-order valence-corrected chi connectivity index (χ1v) is 4.24. The van der Waals surface area contributed by atoms with E-state index in [1.54, 1.807) is 0 Å². The van der Waals surface area contributed by atoms with Crippen molar-refractivity contribution in [2.75, 3.05) is 0 Å². The summed E-state index contributed by atoms with van der Waals surface area (Å²) in [5.74, 6) is -2.05. The van der Waals surface area contributed by atoms with Crippen LogP contribution in [0.4, 0.5) is 4.39 Å². The van der Waals surface area contributed by atoms with Crippen LogP contribution in [0.15, 0.2) is 29.8 Å². The first-order chi connectivity index (χ1) is 6.52. The van der Waals surface area contributed by atoms with E-state index in [0.717, 1.165) is 6.07 Å². The predicted molar refractivity (Wildman–Crippen MR) is 52.1 cm³/mol. The Morgan fingerprint density at radius 2 is 2.21 bits per heavy atom. The molecule has 0 aliphatic carbocycles. The largest absolute Gasteiger partial charge is 0.478 e. The number of carbonyl (C=O) groups is 1. The summed E-state index contributed by atoms with van der Waals surface area (Å²) in [5.41, 5.74) is -0.00759. The normalized spacial score (nSPS) is 9.86. The van der Waals surface area contributed by atoms with Crippen molar-refractivity contribution in [2.24, 2.45) is 0 Å². The predicted octanol–water partition coefficient (Wildman–Crippen LogP) is 2.82. The highest BCUT2D eigenvalue weighted by Crippen LogP contribution is 2.17. The maximum atomic E-state index is 13.1. The molecule has 0 bridgehead atoms. The molecule has 0 amide bonds. The lowest BCUT2D eigenvalue weighted by molar-refractivity contribution is 0.0691. The van der Waals surface area contributed by atoms with Gasteiger partial charge in [0.2, 0.25) is 0 Å². The smallest absolute Gasteiger partial charge is 0.338 e. The number of benzene rings is 1. The van der Waals surface area contributed by atoms with Gasteiger partial charge in [-0.15, -0.1) is 0 Å². The summed E-state index contributed by atoms with van der Waals surface area (Å²) in [6, 6.07) is 4.06. The van der Waals surface area contributed by atoms with Crippen LogP contribution in [0.2, 0.25) is 0 Å². The molecule has 0 spiro atoms. The third-order valence-corrected chi connectivity index (χ3v) is 1.83. The number of hydrogen-bond donors (Lipinski definition) is 1. The lowest BCUT2D eigenvalue weighted by Crippen LogP contribution is -2.05. The minimum Gasteiger partial charge on any atom is -0.478 e. The monoisotopic (exact) mass is 214 g/mol. The topological polar surface area (TPSA) is 37.3 Å². The van der Waals surface area contributed by atoms with Gasteiger partial charge in [-0.1, -0.05) is 30.3 Å². The fraction of sp³-hybridized carbons (Fsp3) is 0.100. The van der Waals surface area contributed by atoms with Crippen LogP contribution >= 0.6 is 11.6 Å². The zero-order valence-corrected chi connectivity index (χ0v) is 8.01. The number of rotatable bonds is 3. The van der Waals surface area contributed by atoms with Gasteiger partial charge >= 0.3 is 5.97 Å². The molecule has 0 atom stereocenters. The van der Waals surface area contributed by atoms with Gasteiger partial charge in [0.1, 0.15) is 5.82 Å². The van der Waals surface area contributed by atoms with E-state index in [1.807, 2.05) is 0 Å². The van der Waals surface area contributed by atoms with Crippen LogP contribution in [0.25, 0.3) is 0 Å². The van der Waals surface area contributed by atoms with Gasteiger partial charge in [-0.05, 0) is 11.6 Å². The zero-order valence-electron chi connectivity index (χ0n) is 7.26. The van der Waals surface area contributed by atoms with E-state index in [0.29, 0.717) is 5.56 Å². The molecule has 4 heteroatoms. The van der Waals surface area contributed by atoms with Crippen molar-refractivity contribution in [2.45, 2.75) is 6.42 Å².